The average molecular weight is 313 g/mol. The van der Waals surface area contributed by atoms with E-state index >= 15 is 0 Å². The molecule has 122 valence electrons. The number of ether oxygens (including phenoxy) is 1. The van der Waals surface area contributed by atoms with Crippen LogP contribution in [0.3, 0.4) is 0 Å². The number of aromatic nitrogens is 2. The Morgan fingerprint density at radius 2 is 2.13 bits per heavy atom. The zero-order valence-corrected chi connectivity index (χ0v) is 13.2. The van der Waals surface area contributed by atoms with Crippen molar-refractivity contribution < 1.29 is 4.74 Å². The fourth-order valence-corrected chi connectivity index (χ4v) is 2.63. The van der Waals surface area contributed by atoms with E-state index in [1.54, 1.807) is 0 Å². The molecule has 0 spiro atoms. The third-order valence-corrected chi connectivity index (χ3v) is 3.91. The molecule has 6 heteroatoms. The van der Waals surface area contributed by atoms with E-state index in [0.717, 1.165) is 34.1 Å². The molecule has 1 aliphatic heterocycles. The van der Waals surface area contributed by atoms with Crippen molar-refractivity contribution in [2.24, 2.45) is 0 Å². The molecule has 0 aliphatic carbocycles. The number of hydrogen-bond acceptors (Lipinski definition) is 6. The molecule has 1 fully saturated rings. The van der Waals surface area contributed by atoms with E-state index in [2.05, 4.69) is 15.5 Å². The predicted octanol–water partition coefficient (Wildman–Crippen LogP) is 2.45. The Morgan fingerprint density at radius 3 is 2.87 bits per heavy atom. The standard InChI is InChI=1S/C17H21N4O2/c1-13-11-16(14-5-3-2-4-6-14)19-20-17(13)18-8-7-15-12-21(22)9-10-23-15/h2-6,11,15H,7-10,12H2,1H3,(H,18,20)/q-1. The van der Waals surface area contributed by atoms with Crippen molar-refractivity contribution in [1.82, 2.24) is 15.3 Å². The number of morpholine rings is 1. The molecule has 1 aromatic carbocycles. The minimum atomic E-state index is -0.00870. The Balaban J connectivity index is 1.56. The Bertz CT molecular complexity index is 636. The van der Waals surface area contributed by atoms with Gasteiger partial charge in [-0.1, -0.05) is 30.3 Å². The normalized spacial score (nSPS) is 18.8. The van der Waals surface area contributed by atoms with Gasteiger partial charge in [0.05, 0.1) is 18.4 Å². The van der Waals surface area contributed by atoms with Gasteiger partial charge in [-0.25, -0.2) is 0 Å². The lowest BCUT2D eigenvalue weighted by atomic mass is 10.1. The van der Waals surface area contributed by atoms with Crippen LogP contribution >= 0.6 is 0 Å². The van der Waals surface area contributed by atoms with E-state index in [0.29, 0.717) is 26.2 Å². The fraction of sp³-hybridized carbons (Fsp3) is 0.412. The van der Waals surface area contributed by atoms with Gasteiger partial charge in [0.2, 0.25) is 0 Å². The lowest BCUT2D eigenvalue weighted by Crippen LogP contribution is -2.39. The third-order valence-electron chi connectivity index (χ3n) is 3.91. The number of rotatable bonds is 5. The number of nitrogens with one attached hydrogen (secondary N) is 1. The molecule has 1 unspecified atom stereocenters. The summed E-state index contributed by atoms with van der Waals surface area (Å²) in [7, 11) is 0. The minimum absolute atomic E-state index is 0.00870. The van der Waals surface area contributed by atoms with Gasteiger partial charge in [-0.15, -0.1) is 10.2 Å². The number of hydroxylamine groups is 2. The van der Waals surface area contributed by atoms with Crippen LogP contribution in [0.2, 0.25) is 0 Å². The zero-order valence-electron chi connectivity index (χ0n) is 13.2. The summed E-state index contributed by atoms with van der Waals surface area (Å²) < 4.78 is 5.58. The van der Waals surface area contributed by atoms with Crippen molar-refractivity contribution in [3.05, 3.63) is 47.2 Å². The summed E-state index contributed by atoms with van der Waals surface area (Å²) >= 11 is 0. The summed E-state index contributed by atoms with van der Waals surface area (Å²) in [5.74, 6) is 0.777. The highest BCUT2D eigenvalue weighted by molar-refractivity contribution is 5.61. The Kier molecular flexibility index (Phi) is 5.17. The largest absolute Gasteiger partial charge is 0.785 e. The molecular formula is C17H21N4O2-. The first-order valence-corrected chi connectivity index (χ1v) is 7.89. The molecule has 2 heterocycles. The second kappa shape index (κ2) is 7.50. The summed E-state index contributed by atoms with van der Waals surface area (Å²) in [4.78, 5) is 0. The molecule has 1 aliphatic rings. The quantitative estimate of drug-likeness (QED) is 0.914. The van der Waals surface area contributed by atoms with Crippen LogP contribution in [0.15, 0.2) is 36.4 Å². The zero-order chi connectivity index (χ0) is 16.1. The molecular weight excluding hydrogens is 292 g/mol. The Morgan fingerprint density at radius 1 is 1.30 bits per heavy atom. The summed E-state index contributed by atoms with van der Waals surface area (Å²) in [6.07, 6.45) is 0.769. The molecule has 1 N–H and O–H groups in total. The first kappa shape index (κ1) is 15.9. The summed E-state index contributed by atoms with van der Waals surface area (Å²) in [6.45, 7) is 4.15. The molecule has 1 saturated heterocycles. The van der Waals surface area contributed by atoms with Crippen LogP contribution in [0.1, 0.15) is 12.0 Å². The second-order valence-electron chi connectivity index (χ2n) is 5.72. The Labute approximate surface area is 136 Å². The predicted molar refractivity (Wildman–Crippen MR) is 90.0 cm³/mol. The molecule has 1 atom stereocenters. The molecule has 2 aromatic rings. The molecule has 0 radical (unpaired) electrons. The van der Waals surface area contributed by atoms with Crippen molar-refractivity contribution >= 4 is 5.82 Å². The second-order valence-corrected chi connectivity index (χ2v) is 5.72. The highest BCUT2D eigenvalue weighted by Gasteiger charge is 2.15. The minimum Gasteiger partial charge on any atom is -0.785 e. The maximum atomic E-state index is 11.3. The van der Waals surface area contributed by atoms with Crippen LogP contribution in [-0.4, -0.2) is 47.6 Å². The molecule has 3 rings (SSSR count). The van der Waals surface area contributed by atoms with E-state index in [-0.39, 0.29) is 6.10 Å². The molecule has 6 nitrogen and oxygen atoms in total. The van der Waals surface area contributed by atoms with E-state index in [1.807, 2.05) is 43.3 Å². The number of hydrogen-bond donors (Lipinski definition) is 1. The van der Waals surface area contributed by atoms with Gasteiger partial charge in [0.25, 0.3) is 0 Å². The van der Waals surface area contributed by atoms with Gasteiger partial charge in [-0.2, -0.15) is 0 Å². The van der Waals surface area contributed by atoms with Crippen LogP contribution in [0, 0.1) is 12.1 Å². The molecule has 0 saturated carbocycles. The number of benzene rings is 1. The molecule has 0 amide bonds. The van der Waals surface area contributed by atoms with E-state index in [4.69, 9.17) is 4.74 Å². The highest BCUT2D eigenvalue weighted by Crippen LogP contribution is 2.20. The summed E-state index contributed by atoms with van der Waals surface area (Å²) in [6, 6.07) is 12.0. The van der Waals surface area contributed by atoms with Crippen LogP contribution in [0.25, 0.3) is 11.3 Å². The van der Waals surface area contributed by atoms with Gasteiger partial charge < -0.3 is 20.3 Å². The van der Waals surface area contributed by atoms with E-state index < -0.39 is 0 Å². The maximum absolute atomic E-state index is 11.3. The van der Waals surface area contributed by atoms with Gasteiger partial charge in [-0.3, -0.25) is 0 Å². The fourth-order valence-electron chi connectivity index (χ4n) is 2.63. The van der Waals surface area contributed by atoms with Crippen molar-refractivity contribution in [2.75, 3.05) is 31.6 Å². The van der Waals surface area contributed by atoms with Crippen LogP contribution in [0.4, 0.5) is 5.82 Å². The summed E-state index contributed by atoms with van der Waals surface area (Å²) in [5.41, 5.74) is 2.97. The van der Waals surface area contributed by atoms with Crippen molar-refractivity contribution in [2.45, 2.75) is 19.4 Å². The highest BCUT2D eigenvalue weighted by atomic mass is 16.5. The summed E-state index contributed by atoms with van der Waals surface area (Å²) in [5, 5.41) is 24.2. The number of nitrogens with zero attached hydrogens (tertiary/aromatic N) is 3. The average Bonchev–Trinajstić information content (AvgIpc) is 2.57. The third kappa shape index (κ3) is 4.25. The van der Waals surface area contributed by atoms with Gasteiger partial charge in [0.15, 0.2) is 5.82 Å². The SMILES string of the molecule is Cc1cc(-c2ccccc2)nnc1NCCC1CN([O-])CCO1. The number of anilines is 1. The van der Waals surface area contributed by atoms with E-state index in [1.165, 1.54) is 0 Å². The molecule has 1 aromatic heterocycles. The van der Waals surface area contributed by atoms with Gasteiger partial charge in [0, 0.05) is 25.2 Å². The monoisotopic (exact) mass is 313 g/mol. The maximum Gasteiger partial charge on any atom is 0.151 e. The van der Waals surface area contributed by atoms with Crippen LogP contribution < -0.4 is 5.32 Å². The van der Waals surface area contributed by atoms with Gasteiger partial charge >= 0.3 is 0 Å². The van der Waals surface area contributed by atoms with E-state index in [9.17, 15) is 5.21 Å². The van der Waals surface area contributed by atoms with Crippen molar-refractivity contribution in [1.29, 1.82) is 0 Å². The van der Waals surface area contributed by atoms with Crippen LogP contribution in [0.5, 0.6) is 0 Å². The van der Waals surface area contributed by atoms with Crippen molar-refractivity contribution in [3.8, 4) is 11.3 Å². The smallest absolute Gasteiger partial charge is 0.151 e. The molecule has 23 heavy (non-hydrogen) atoms. The lowest BCUT2D eigenvalue weighted by molar-refractivity contribution is -0.0143. The first-order chi connectivity index (χ1) is 11.2. The number of aryl methyl sites for hydroxylation is 1. The topological polar surface area (TPSA) is 73.3 Å². The van der Waals surface area contributed by atoms with Crippen LogP contribution in [-0.2, 0) is 4.74 Å². The van der Waals surface area contributed by atoms with Gasteiger partial charge in [-0.05, 0) is 25.0 Å². The first-order valence-electron chi connectivity index (χ1n) is 7.89. The van der Waals surface area contributed by atoms with Gasteiger partial charge in [0.1, 0.15) is 0 Å². The van der Waals surface area contributed by atoms with Crippen molar-refractivity contribution in [3.63, 3.8) is 0 Å². The molecule has 0 bridgehead atoms. The Hall–Kier alpha value is -2.02. The lowest BCUT2D eigenvalue weighted by Gasteiger charge is -2.37.